The van der Waals surface area contributed by atoms with Gasteiger partial charge in [0.25, 0.3) is 0 Å². The second-order valence-corrected chi connectivity index (χ2v) is 6.90. The summed E-state index contributed by atoms with van der Waals surface area (Å²) in [6, 6.07) is 4.49. The van der Waals surface area contributed by atoms with Crippen LogP contribution in [0.5, 0.6) is 0 Å². The first kappa shape index (κ1) is 18.5. The molecule has 0 aliphatic carbocycles. The van der Waals surface area contributed by atoms with Crippen LogP contribution in [-0.4, -0.2) is 55.6 Å². The fourth-order valence-corrected chi connectivity index (χ4v) is 3.39. The largest absolute Gasteiger partial charge is 0.375 e. The Kier molecular flexibility index (Phi) is 5.63. The van der Waals surface area contributed by atoms with E-state index in [9.17, 15) is 14.4 Å². The molecule has 3 heterocycles. The molecule has 0 spiro atoms. The molecule has 0 unspecified atom stereocenters. The third-order valence-electron chi connectivity index (χ3n) is 4.52. The Morgan fingerprint density at radius 3 is 2.85 bits per heavy atom. The molecule has 9 heteroatoms. The van der Waals surface area contributed by atoms with Gasteiger partial charge >= 0.3 is 6.03 Å². The zero-order chi connectivity index (χ0) is 18.7. The lowest BCUT2D eigenvalue weighted by Crippen LogP contribution is -2.44. The van der Waals surface area contributed by atoms with Crippen LogP contribution in [0.4, 0.5) is 16.2 Å². The number of nitrogens with one attached hydrogen (secondary N) is 3. The van der Waals surface area contributed by atoms with E-state index in [0.29, 0.717) is 29.5 Å². The number of benzene rings is 1. The number of amides is 4. The molecule has 0 aromatic heterocycles. The topological polar surface area (TPSA) is 99.8 Å². The van der Waals surface area contributed by atoms with Gasteiger partial charge in [-0.2, -0.15) is 0 Å². The van der Waals surface area contributed by atoms with E-state index >= 15 is 0 Å². The second kappa shape index (κ2) is 7.92. The molecule has 3 N–H and O–H groups in total. The average Bonchev–Trinajstić information content (AvgIpc) is 2.89. The lowest BCUT2D eigenvalue weighted by molar-refractivity contribution is -0.126. The standard InChI is InChI=1S/C17H21ClN4O4/c1-26-9-15(23)19-11-4-5-13(18)14(6-11)21-17(25)22-7-10-2-3-12(8-22)20-16(10)24/h4-6,10,12H,2-3,7-9H2,1H3,(H,19,23)(H,20,24)(H,21,25)/t10-,12+/m1/s1. The number of urea groups is 1. The summed E-state index contributed by atoms with van der Waals surface area (Å²) in [5.41, 5.74) is 0.891. The molecular formula is C17H21ClN4O4. The molecule has 3 saturated heterocycles. The van der Waals surface area contributed by atoms with Crippen LogP contribution < -0.4 is 16.0 Å². The summed E-state index contributed by atoms with van der Waals surface area (Å²) in [4.78, 5) is 37.8. The summed E-state index contributed by atoms with van der Waals surface area (Å²) in [5.74, 6) is -0.465. The normalized spacial score (nSPS) is 21.8. The molecule has 26 heavy (non-hydrogen) atoms. The zero-order valence-corrected chi connectivity index (χ0v) is 15.1. The number of halogens is 1. The number of carbonyl (C=O) groups excluding carboxylic acids is 3. The van der Waals surface area contributed by atoms with Gasteiger partial charge in [0.15, 0.2) is 0 Å². The van der Waals surface area contributed by atoms with Crippen LogP contribution >= 0.6 is 11.6 Å². The molecule has 4 rings (SSSR count). The first-order chi connectivity index (χ1) is 12.5. The zero-order valence-electron chi connectivity index (χ0n) is 14.4. The van der Waals surface area contributed by atoms with Crippen LogP contribution in [0, 0.1) is 5.92 Å². The minimum atomic E-state index is -0.319. The van der Waals surface area contributed by atoms with Crippen molar-refractivity contribution < 1.29 is 19.1 Å². The molecule has 3 fully saturated rings. The van der Waals surface area contributed by atoms with Crippen molar-refractivity contribution in [3.05, 3.63) is 23.2 Å². The lowest BCUT2D eigenvalue weighted by Gasteiger charge is -2.23. The van der Waals surface area contributed by atoms with E-state index in [1.54, 1.807) is 23.1 Å². The van der Waals surface area contributed by atoms with Gasteiger partial charge in [0, 0.05) is 31.9 Å². The third kappa shape index (κ3) is 4.25. The number of ether oxygens (including phenoxy) is 1. The fourth-order valence-electron chi connectivity index (χ4n) is 3.23. The van der Waals surface area contributed by atoms with E-state index in [0.717, 1.165) is 12.8 Å². The SMILES string of the molecule is COCC(=O)Nc1ccc(Cl)c(NC(=O)N2C[C@@H]3CC[C@H](C2)C(=O)N3)c1. The van der Waals surface area contributed by atoms with Crippen molar-refractivity contribution in [1.82, 2.24) is 10.2 Å². The maximum absolute atomic E-state index is 12.6. The number of carbonyl (C=O) groups is 3. The molecule has 2 atom stereocenters. The van der Waals surface area contributed by atoms with E-state index in [1.807, 2.05) is 0 Å². The third-order valence-corrected chi connectivity index (χ3v) is 4.85. The fraction of sp³-hybridized carbons (Fsp3) is 0.471. The number of methoxy groups -OCH3 is 1. The van der Waals surface area contributed by atoms with Gasteiger partial charge in [-0.15, -0.1) is 0 Å². The number of anilines is 2. The van der Waals surface area contributed by atoms with Crippen molar-refractivity contribution >= 4 is 40.8 Å². The molecule has 140 valence electrons. The van der Waals surface area contributed by atoms with E-state index < -0.39 is 0 Å². The van der Waals surface area contributed by atoms with Gasteiger partial charge < -0.3 is 25.6 Å². The summed E-state index contributed by atoms with van der Waals surface area (Å²) in [6.07, 6.45) is 1.67. The molecular weight excluding hydrogens is 360 g/mol. The van der Waals surface area contributed by atoms with E-state index in [4.69, 9.17) is 16.3 Å². The van der Waals surface area contributed by atoms with Gasteiger partial charge in [-0.3, -0.25) is 9.59 Å². The number of hydrogen-bond acceptors (Lipinski definition) is 4. The van der Waals surface area contributed by atoms with Gasteiger partial charge in [-0.25, -0.2) is 4.79 Å². The Bertz CT molecular complexity index is 727. The van der Waals surface area contributed by atoms with Gasteiger partial charge in [0.2, 0.25) is 11.8 Å². The van der Waals surface area contributed by atoms with Crippen LogP contribution in [0.2, 0.25) is 5.02 Å². The molecule has 4 amide bonds. The van der Waals surface area contributed by atoms with E-state index in [-0.39, 0.29) is 36.4 Å². The Balaban J connectivity index is 1.69. The Morgan fingerprint density at radius 2 is 2.12 bits per heavy atom. The van der Waals surface area contributed by atoms with Gasteiger partial charge in [-0.05, 0) is 31.0 Å². The minimum absolute atomic E-state index is 0.0115. The number of nitrogens with zero attached hydrogens (tertiary/aromatic N) is 1. The highest BCUT2D eigenvalue weighted by Gasteiger charge is 2.36. The maximum atomic E-state index is 12.6. The van der Waals surface area contributed by atoms with Crippen LogP contribution in [0.1, 0.15) is 12.8 Å². The number of rotatable bonds is 4. The second-order valence-electron chi connectivity index (χ2n) is 6.49. The Labute approximate surface area is 156 Å². The number of hydrogen-bond donors (Lipinski definition) is 3. The molecule has 0 saturated carbocycles. The number of fused-ring (bicyclic) bond motifs is 4. The Hall–Kier alpha value is -2.32. The highest BCUT2D eigenvalue weighted by atomic mass is 35.5. The van der Waals surface area contributed by atoms with Crippen molar-refractivity contribution in [3.63, 3.8) is 0 Å². The smallest absolute Gasteiger partial charge is 0.321 e. The first-order valence-electron chi connectivity index (χ1n) is 8.41. The van der Waals surface area contributed by atoms with Crippen molar-refractivity contribution in [2.24, 2.45) is 5.92 Å². The summed E-state index contributed by atoms with van der Waals surface area (Å²) in [7, 11) is 1.43. The lowest BCUT2D eigenvalue weighted by atomic mass is 9.96. The van der Waals surface area contributed by atoms with Gasteiger partial charge in [0.05, 0.1) is 16.6 Å². The predicted molar refractivity (Wildman–Crippen MR) is 97.2 cm³/mol. The quantitative estimate of drug-likeness (QED) is 0.739. The minimum Gasteiger partial charge on any atom is -0.375 e. The molecule has 3 aliphatic rings. The highest BCUT2D eigenvalue weighted by Crippen LogP contribution is 2.27. The van der Waals surface area contributed by atoms with E-state index in [1.165, 1.54) is 7.11 Å². The maximum Gasteiger partial charge on any atom is 0.321 e. The average molecular weight is 381 g/mol. The van der Waals surface area contributed by atoms with Crippen LogP contribution in [0.15, 0.2) is 18.2 Å². The summed E-state index contributed by atoms with van der Waals surface area (Å²) in [5, 5.41) is 8.72. The molecule has 2 bridgehead atoms. The molecule has 8 nitrogen and oxygen atoms in total. The van der Waals surface area contributed by atoms with E-state index in [2.05, 4.69) is 16.0 Å². The summed E-state index contributed by atoms with van der Waals surface area (Å²) in [6.45, 7) is 0.786. The monoisotopic (exact) mass is 380 g/mol. The molecule has 1 aromatic carbocycles. The Morgan fingerprint density at radius 1 is 1.31 bits per heavy atom. The van der Waals surface area contributed by atoms with Crippen LogP contribution in [0.3, 0.4) is 0 Å². The molecule has 1 aromatic rings. The molecule has 0 radical (unpaired) electrons. The van der Waals surface area contributed by atoms with Crippen LogP contribution in [-0.2, 0) is 14.3 Å². The first-order valence-corrected chi connectivity index (χ1v) is 8.78. The van der Waals surface area contributed by atoms with Gasteiger partial charge in [-0.1, -0.05) is 11.6 Å². The highest BCUT2D eigenvalue weighted by molar-refractivity contribution is 6.33. The summed E-state index contributed by atoms with van der Waals surface area (Å²) >= 11 is 6.16. The van der Waals surface area contributed by atoms with Crippen molar-refractivity contribution in [2.75, 3.05) is 37.4 Å². The molecule has 3 aliphatic heterocycles. The van der Waals surface area contributed by atoms with Gasteiger partial charge in [0.1, 0.15) is 6.61 Å². The predicted octanol–water partition coefficient (Wildman–Crippen LogP) is 1.67. The van der Waals surface area contributed by atoms with Crippen molar-refractivity contribution in [2.45, 2.75) is 18.9 Å². The van der Waals surface area contributed by atoms with Crippen molar-refractivity contribution in [1.29, 1.82) is 0 Å². The van der Waals surface area contributed by atoms with Crippen molar-refractivity contribution in [3.8, 4) is 0 Å². The summed E-state index contributed by atoms with van der Waals surface area (Å²) < 4.78 is 4.77. The number of piperidine rings is 1. The van der Waals surface area contributed by atoms with Crippen LogP contribution in [0.25, 0.3) is 0 Å².